The minimum Gasteiger partial charge on any atom is -0.368 e. The van der Waals surface area contributed by atoms with E-state index in [1.807, 2.05) is 11.0 Å². The van der Waals surface area contributed by atoms with Gasteiger partial charge in [-0.25, -0.2) is 0 Å². The van der Waals surface area contributed by atoms with Crippen molar-refractivity contribution in [3.05, 3.63) is 41.7 Å². The van der Waals surface area contributed by atoms with Gasteiger partial charge in [-0.05, 0) is 25.0 Å². The number of nitrogens with one attached hydrogen (secondary N) is 1. The lowest BCUT2D eigenvalue weighted by atomic mass is 9.88. The lowest BCUT2D eigenvalue weighted by Crippen LogP contribution is -2.51. The fourth-order valence-electron chi connectivity index (χ4n) is 3.58. The van der Waals surface area contributed by atoms with Gasteiger partial charge in [-0.3, -0.25) is 4.79 Å². The lowest BCUT2D eigenvalue weighted by Gasteiger charge is -2.38. The van der Waals surface area contributed by atoms with Crippen molar-refractivity contribution < 1.29 is 4.79 Å². The summed E-state index contributed by atoms with van der Waals surface area (Å²) in [5.41, 5.74) is 3.24. The number of rotatable bonds is 2. The van der Waals surface area contributed by atoms with Crippen LogP contribution < -0.4 is 4.90 Å². The molecule has 0 saturated carbocycles. The minimum atomic E-state index is 0.0656. The summed E-state index contributed by atoms with van der Waals surface area (Å²) in [6, 6.07) is 10.4. The summed E-state index contributed by atoms with van der Waals surface area (Å²) in [6.07, 6.45) is 2.47. The van der Waals surface area contributed by atoms with E-state index in [0.717, 1.165) is 56.8 Å². The summed E-state index contributed by atoms with van der Waals surface area (Å²) in [5.74, 6) is 0.349. The Balaban J connectivity index is 1.36. The van der Waals surface area contributed by atoms with Gasteiger partial charge in [0.1, 0.15) is 0 Å². The highest BCUT2D eigenvalue weighted by Gasteiger charge is 2.31. The first kappa shape index (κ1) is 14.2. The number of nitrogens with zero attached hydrogens (tertiary/aromatic N) is 4. The molecule has 1 aromatic heterocycles. The quantitative estimate of drug-likeness (QED) is 0.907. The fourth-order valence-corrected chi connectivity index (χ4v) is 3.58. The number of anilines is 1. The van der Waals surface area contributed by atoms with Crippen LogP contribution in [-0.2, 0) is 17.6 Å². The highest BCUT2D eigenvalue weighted by Crippen LogP contribution is 2.25. The molecule has 1 amide bonds. The minimum absolute atomic E-state index is 0.0656. The first-order valence-electron chi connectivity index (χ1n) is 8.28. The van der Waals surface area contributed by atoms with Crippen molar-refractivity contribution in [3.63, 3.8) is 0 Å². The zero-order chi connectivity index (χ0) is 15.6. The van der Waals surface area contributed by atoms with E-state index >= 15 is 0 Å². The molecule has 1 fully saturated rings. The number of carbonyl (C=O) groups excluding carboxylic acids is 1. The summed E-state index contributed by atoms with van der Waals surface area (Å²) in [7, 11) is 0. The molecule has 1 aliphatic heterocycles. The molecular weight excluding hydrogens is 290 g/mol. The van der Waals surface area contributed by atoms with Crippen LogP contribution in [0.15, 0.2) is 30.3 Å². The Labute approximate surface area is 135 Å². The molecule has 2 aromatic rings. The zero-order valence-corrected chi connectivity index (χ0v) is 13.1. The van der Waals surface area contributed by atoms with Gasteiger partial charge in [-0.2, -0.15) is 15.4 Å². The van der Waals surface area contributed by atoms with Crippen LogP contribution in [0.5, 0.6) is 0 Å². The van der Waals surface area contributed by atoms with Gasteiger partial charge in [0.05, 0.1) is 11.4 Å². The number of H-pyrrole nitrogens is 1. The van der Waals surface area contributed by atoms with Crippen molar-refractivity contribution in [2.24, 2.45) is 5.92 Å². The van der Waals surface area contributed by atoms with E-state index in [0.29, 0.717) is 0 Å². The van der Waals surface area contributed by atoms with Crippen molar-refractivity contribution in [1.29, 1.82) is 0 Å². The topological polar surface area (TPSA) is 65.1 Å². The monoisotopic (exact) mass is 311 g/mol. The molecule has 2 aliphatic rings. The first-order chi connectivity index (χ1) is 11.3. The van der Waals surface area contributed by atoms with Crippen molar-refractivity contribution in [1.82, 2.24) is 20.3 Å². The number of benzene rings is 1. The van der Waals surface area contributed by atoms with Gasteiger partial charge < -0.3 is 9.80 Å². The summed E-state index contributed by atoms with van der Waals surface area (Å²) < 4.78 is 0. The molecule has 6 nitrogen and oxygen atoms in total. The molecular formula is C17H21N5O. The Kier molecular flexibility index (Phi) is 3.73. The number of amides is 1. The molecule has 0 radical (unpaired) electrons. The number of aryl methyl sites for hydroxylation is 1. The van der Waals surface area contributed by atoms with Crippen LogP contribution in [0, 0.1) is 5.92 Å². The molecule has 120 valence electrons. The molecule has 1 atom stereocenters. The second kappa shape index (κ2) is 6.02. The number of fused-ring (bicyclic) bond motifs is 1. The summed E-state index contributed by atoms with van der Waals surface area (Å²) in [4.78, 5) is 17.1. The normalized spacial score (nSPS) is 21.1. The van der Waals surface area contributed by atoms with Crippen LogP contribution in [0.25, 0.3) is 0 Å². The Bertz CT molecular complexity index is 675. The highest BCUT2D eigenvalue weighted by atomic mass is 16.2. The van der Waals surface area contributed by atoms with Crippen molar-refractivity contribution in [2.45, 2.75) is 19.3 Å². The number of aromatic nitrogens is 3. The van der Waals surface area contributed by atoms with Gasteiger partial charge in [0, 0.05) is 44.2 Å². The van der Waals surface area contributed by atoms with Gasteiger partial charge in [0.2, 0.25) is 5.91 Å². The lowest BCUT2D eigenvalue weighted by molar-refractivity contribution is -0.136. The number of hydrogen-bond acceptors (Lipinski definition) is 4. The SMILES string of the molecule is O=C(C1CCc2n[nH]nc2C1)N1CCN(c2ccccc2)CC1. The van der Waals surface area contributed by atoms with E-state index in [1.54, 1.807) is 0 Å². The summed E-state index contributed by atoms with van der Waals surface area (Å²) in [5, 5.41) is 11.0. The molecule has 1 unspecified atom stereocenters. The molecule has 1 aliphatic carbocycles. The summed E-state index contributed by atoms with van der Waals surface area (Å²) >= 11 is 0. The molecule has 0 spiro atoms. The maximum Gasteiger partial charge on any atom is 0.226 e. The molecule has 4 rings (SSSR count). The number of aromatic amines is 1. The first-order valence-corrected chi connectivity index (χ1v) is 8.28. The standard InChI is InChI=1S/C17H21N5O/c23-17(13-6-7-15-16(12-13)19-20-18-15)22-10-8-21(9-11-22)14-4-2-1-3-5-14/h1-5,13H,6-12H2,(H,18,19,20). The Morgan fingerprint density at radius 2 is 1.78 bits per heavy atom. The third-order valence-electron chi connectivity index (χ3n) is 4.93. The van der Waals surface area contributed by atoms with Gasteiger partial charge >= 0.3 is 0 Å². The van der Waals surface area contributed by atoms with Crippen LogP contribution in [0.4, 0.5) is 5.69 Å². The second-order valence-electron chi connectivity index (χ2n) is 6.30. The molecule has 2 heterocycles. The number of para-hydroxylation sites is 1. The third-order valence-corrected chi connectivity index (χ3v) is 4.93. The predicted octanol–water partition coefficient (Wildman–Crippen LogP) is 1.26. The predicted molar refractivity (Wildman–Crippen MR) is 87.1 cm³/mol. The van der Waals surface area contributed by atoms with Crippen molar-refractivity contribution in [3.8, 4) is 0 Å². The van der Waals surface area contributed by atoms with E-state index in [-0.39, 0.29) is 11.8 Å². The fraction of sp³-hybridized carbons (Fsp3) is 0.471. The number of piperazine rings is 1. The summed E-state index contributed by atoms with van der Waals surface area (Å²) in [6.45, 7) is 3.40. The van der Waals surface area contributed by atoms with E-state index in [2.05, 4.69) is 44.6 Å². The largest absolute Gasteiger partial charge is 0.368 e. The van der Waals surface area contributed by atoms with E-state index < -0.39 is 0 Å². The van der Waals surface area contributed by atoms with Gasteiger partial charge in [0.25, 0.3) is 0 Å². The van der Waals surface area contributed by atoms with Crippen LogP contribution in [0.1, 0.15) is 17.8 Å². The average molecular weight is 311 g/mol. The second-order valence-corrected chi connectivity index (χ2v) is 6.30. The average Bonchev–Trinajstić information content (AvgIpc) is 3.10. The van der Waals surface area contributed by atoms with Crippen molar-refractivity contribution in [2.75, 3.05) is 31.1 Å². The van der Waals surface area contributed by atoms with E-state index in [9.17, 15) is 4.79 Å². The third kappa shape index (κ3) is 2.81. The van der Waals surface area contributed by atoms with Crippen LogP contribution >= 0.6 is 0 Å². The van der Waals surface area contributed by atoms with E-state index in [1.165, 1.54) is 5.69 Å². The maximum atomic E-state index is 12.8. The van der Waals surface area contributed by atoms with Crippen LogP contribution in [0.2, 0.25) is 0 Å². The van der Waals surface area contributed by atoms with Gasteiger partial charge in [-0.15, -0.1) is 0 Å². The highest BCUT2D eigenvalue weighted by molar-refractivity contribution is 5.79. The Hall–Kier alpha value is -2.37. The molecule has 1 aromatic carbocycles. The molecule has 0 bridgehead atoms. The Morgan fingerprint density at radius 1 is 1.04 bits per heavy atom. The van der Waals surface area contributed by atoms with Gasteiger partial charge in [-0.1, -0.05) is 18.2 Å². The molecule has 1 N–H and O–H groups in total. The molecule has 6 heteroatoms. The maximum absolute atomic E-state index is 12.8. The van der Waals surface area contributed by atoms with Crippen LogP contribution in [-0.4, -0.2) is 52.4 Å². The number of hydrogen-bond donors (Lipinski definition) is 1. The van der Waals surface area contributed by atoms with Crippen LogP contribution in [0.3, 0.4) is 0 Å². The van der Waals surface area contributed by atoms with Crippen molar-refractivity contribution >= 4 is 11.6 Å². The van der Waals surface area contributed by atoms with Gasteiger partial charge in [0.15, 0.2) is 0 Å². The molecule has 1 saturated heterocycles. The van der Waals surface area contributed by atoms with E-state index in [4.69, 9.17) is 0 Å². The Morgan fingerprint density at radius 3 is 2.57 bits per heavy atom. The number of carbonyl (C=O) groups is 1. The zero-order valence-electron chi connectivity index (χ0n) is 13.1. The molecule has 23 heavy (non-hydrogen) atoms. The smallest absolute Gasteiger partial charge is 0.226 e.